The summed E-state index contributed by atoms with van der Waals surface area (Å²) < 4.78 is 21.4. The Morgan fingerprint density at radius 3 is 1.95 bits per heavy atom. The molecule has 1 rings (SSSR count). The molecule has 0 heterocycles. The third kappa shape index (κ3) is 4.51. The first-order valence-electron chi connectivity index (χ1n) is 7.16. The topological polar surface area (TPSA) is 49.0 Å². The van der Waals surface area contributed by atoms with Gasteiger partial charge >= 0.3 is 0 Å². The van der Waals surface area contributed by atoms with Gasteiger partial charge in [-0.15, -0.1) is 0 Å². The van der Waals surface area contributed by atoms with Gasteiger partial charge in [0.15, 0.2) is 11.5 Å². The molecule has 0 saturated heterocycles. The molecule has 0 amide bonds. The Balaban J connectivity index is 3.01. The van der Waals surface area contributed by atoms with E-state index >= 15 is 0 Å². The molecule has 0 spiro atoms. The first kappa shape index (κ1) is 17.6. The Labute approximate surface area is 127 Å². The van der Waals surface area contributed by atoms with Gasteiger partial charge in [0.1, 0.15) is 0 Å². The van der Waals surface area contributed by atoms with Gasteiger partial charge in [-0.1, -0.05) is 6.92 Å². The summed E-state index contributed by atoms with van der Waals surface area (Å²) in [6, 6.07) is 4.40. The number of ether oxygens (including phenoxy) is 4. The van der Waals surface area contributed by atoms with Crippen LogP contribution in [0.15, 0.2) is 12.1 Å². The molecule has 2 atom stereocenters. The highest BCUT2D eigenvalue weighted by Crippen LogP contribution is 2.39. The van der Waals surface area contributed by atoms with Crippen LogP contribution < -0.4 is 19.5 Å². The quantitative estimate of drug-likeness (QED) is 0.759. The molecule has 0 saturated carbocycles. The van der Waals surface area contributed by atoms with Crippen molar-refractivity contribution in [1.29, 1.82) is 0 Å². The third-order valence-electron chi connectivity index (χ3n) is 3.53. The molecular formula is C16H27NO4. The fourth-order valence-electron chi connectivity index (χ4n) is 2.29. The third-order valence-corrected chi connectivity index (χ3v) is 3.53. The Morgan fingerprint density at radius 1 is 1.00 bits per heavy atom. The highest BCUT2D eigenvalue weighted by Gasteiger charge is 2.18. The zero-order chi connectivity index (χ0) is 15.8. The zero-order valence-corrected chi connectivity index (χ0v) is 13.9. The van der Waals surface area contributed by atoms with E-state index in [1.807, 2.05) is 12.1 Å². The van der Waals surface area contributed by atoms with E-state index in [9.17, 15) is 0 Å². The van der Waals surface area contributed by atoms with Gasteiger partial charge in [0, 0.05) is 19.2 Å². The van der Waals surface area contributed by atoms with Crippen LogP contribution >= 0.6 is 0 Å². The summed E-state index contributed by atoms with van der Waals surface area (Å²) in [6.07, 6.45) is 1.00. The SMILES string of the molecule is CCC(COC)NC(C)c1cc(OC)c(OC)c(OC)c1. The summed E-state index contributed by atoms with van der Waals surface area (Å²) in [5.74, 6) is 1.94. The Morgan fingerprint density at radius 2 is 1.57 bits per heavy atom. The predicted octanol–water partition coefficient (Wildman–Crippen LogP) is 2.79. The van der Waals surface area contributed by atoms with E-state index in [0.29, 0.717) is 29.9 Å². The van der Waals surface area contributed by atoms with Crippen LogP contribution in [0, 0.1) is 0 Å². The van der Waals surface area contributed by atoms with E-state index in [4.69, 9.17) is 18.9 Å². The second-order valence-electron chi connectivity index (χ2n) is 4.91. The van der Waals surface area contributed by atoms with Crippen LogP contribution in [0.5, 0.6) is 17.2 Å². The van der Waals surface area contributed by atoms with Crippen molar-refractivity contribution in [2.24, 2.45) is 0 Å². The number of rotatable bonds is 9. The molecule has 1 aromatic rings. The van der Waals surface area contributed by atoms with Crippen molar-refractivity contribution in [2.75, 3.05) is 35.0 Å². The summed E-state index contributed by atoms with van der Waals surface area (Å²) >= 11 is 0. The summed E-state index contributed by atoms with van der Waals surface area (Å²) in [7, 11) is 6.57. The van der Waals surface area contributed by atoms with Crippen molar-refractivity contribution in [1.82, 2.24) is 5.32 Å². The fraction of sp³-hybridized carbons (Fsp3) is 0.625. The number of hydrogen-bond acceptors (Lipinski definition) is 5. The maximum absolute atomic E-state index is 5.39. The van der Waals surface area contributed by atoms with Crippen LogP contribution in [-0.2, 0) is 4.74 Å². The molecule has 21 heavy (non-hydrogen) atoms. The van der Waals surface area contributed by atoms with Gasteiger partial charge in [0.25, 0.3) is 0 Å². The van der Waals surface area contributed by atoms with Crippen LogP contribution in [0.4, 0.5) is 0 Å². The lowest BCUT2D eigenvalue weighted by atomic mass is 10.1. The van der Waals surface area contributed by atoms with Crippen molar-refractivity contribution in [3.63, 3.8) is 0 Å². The van der Waals surface area contributed by atoms with Crippen molar-refractivity contribution >= 4 is 0 Å². The summed E-state index contributed by atoms with van der Waals surface area (Å²) in [4.78, 5) is 0. The molecule has 5 nitrogen and oxygen atoms in total. The second kappa shape index (κ2) is 8.74. The van der Waals surface area contributed by atoms with E-state index in [2.05, 4.69) is 19.2 Å². The first-order chi connectivity index (χ1) is 10.1. The second-order valence-corrected chi connectivity index (χ2v) is 4.91. The molecule has 0 aliphatic rings. The van der Waals surface area contributed by atoms with E-state index < -0.39 is 0 Å². The molecule has 1 aromatic carbocycles. The minimum Gasteiger partial charge on any atom is -0.493 e. The first-order valence-corrected chi connectivity index (χ1v) is 7.16. The molecule has 0 aliphatic carbocycles. The number of hydrogen-bond donors (Lipinski definition) is 1. The summed E-state index contributed by atoms with van der Waals surface area (Å²) in [6.45, 7) is 4.93. The van der Waals surface area contributed by atoms with E-state index in [-0.39, 0.29) is 6.04 Å². The van der Waals surface area contributed by atoms with Crippen molar-refractivity contribution in [2.45, 2.75) is 32.4 Å². The highest BCUT2D eigenvalue weighted by molar-refractivity contribution is 5.54. The molecule has 0 fully saturated rings. The van der Waals surface area contributed by atoms with Gasteiger partial charge in [0.05, 0.1) is 27.9 Å². The van der Waals surface area contributed by atoms with E-state index in [1.165, 1.54) is 0 Å². The number of methoxy groups -OCH3 is 4. The van der Waals surface area contributed by atoms with Gasteiger partial charge in [-0.2, -0.15) is 0 Å². The molecular weight excluding hydrogens is 270 g/mol. The van der Waals surface area contributed by atoms with Crippen LogP contribution in [0.2, 0.25) is 0 Å². The van der Waals surface area contributed by atoms with E-state index in [1.54, 1.807) is 28.4 Å². The maximum Gasteiger partial charge on any atom is 0.203 e. The van der Waals surface area contributed by atoms with Crippen LogP contribution in [0.3, 0.4) is 0 Å². The molecule has 1 N–H and O–H groups in total. The Hall–Kier alpha value is -1.46. The Bertz CT molecular complexity index is 411. The average Bonchev–Trinajstić information content (AvgIpc) is 2.52. The molecule has 5 heteroatoms. The smallest absolute Gasteiger partial charge is 0.203 e. The largest absolute Gasteiger partial charge is 0.493 e. The van der Waals surface area contributed by atoms with Crippen molar-refractivity contribution in [3.05, 3.63) is 17.7 Å². The molecule has 0 radical (unpaired) electrons. The minimum absolute atomic E-state index is 0.152. The lowest BCUT2D eigenvalue weighted by Gasteiger charge is -2.23. The molecule has 2 unspecified atom stereocenters. The van der Waals surface area contributed by atoms with Gasteiger partial charge in [-0.05, 0) is 31.0 Å². The predicted molar refractivity (Wildman–Crippen MR) is 83.6 cm³/mol. The molecule has 120 valence electrons. The fourth-order valence-corrected chi connectivity index (χ4v) is 2.29. The maximum atomic E-state index is 5.39. The lowest BCUT2D eigenvalue weighted by molar-refractivity contribution is 0.159. The van der Waals surface area contributed by atoms with Crippen LogP contribution in [0.25, 0.3) is 0 Å². The minimum atomic E-state index is 0.152. The summed E-state index contributed by atoms with van der Waals surface area (Å²) in [5, 5.41) is 3.55. The Kier molecular flexibility index (Phi) is 7.32. The zero-order valence-electron chi connectivity index (χ0n) is 13.9. The standard InChI is InChI=1S/C16H27NO4/c1-7-13(10-18-3)17-11(2)12-8-14(19-4)16(21-6)15(9-12)20-5/h8-9,11,13,17H,7,10H2,1-6H3. The van der Waals surface area contributed by atoms with Crippen molar-refractivity contribution < 1.29 is 18.9 Å². The van der Waals surface area contributed by atoms with Crippen molar-refractivity contribution in [3.8, 4) is 17.2 Å². The van der Waals surface area contributed by atoms with E-state index in [0.717, 1.165) is 12.0 Å². The van der Waals surface area contributed by atoms with Gasteiger partial charge in [-0.3, -0.25) is 0 Å². The van der Waals surface area contributed by atoms with Crippen LogP contribution in [0.1, 0.15) is 31.9 Å². The summed E-state index contributed by atoms with van der Waals surface area (Å²) in [5.41, 5.74) is 1.08. The lowest BCUT2D eigenvalue weighted by Crippen LogP contribution is -2.34. The number of nitrogens with one attached hydrogen (secondary N) is 1. The van der Waals surface area contributed by atoms with Gasteiger partial charge in [-0.25, -0.2) is 0 Å². The highest BCUT2D eigenvalue weighted by atomic mass is 16.5. The normalized spacial score (nSPS) is 13.6. The van der Waals surface area contributed by atoms with Gasteiger partial charge in [0.2, 0.25) is 5.75 Å². The van der Waals surface area contributed by atoms with Gasteiger partial charge < -0.3 is 24.3 Å². The average molecular weight is 297 g/mol. The molecule has 0 aliphatic heterocycles. The molecule has 0 bridgehead atoms. The van der Waals surface area contributed by atoms with Crippen LogP contribution in [-0.4, -0.2) is 41.1 Å². The monoisotopic (exact) mass is 297 g/mol. The number of benzene rings is 1. The molecule has 0 aromatic heterocycles.